The lowest BCUT2D eigenvalue weighted by molar-refractivity contribution is 0.0520. The van der Waals surface area contributed by atoms with Crippen LogP contribution in [0.1, 0.15) is 23.0 Å². The second kappa shape index (κ2) is 8.00. The van der Waals surface area contributed by atoms with E-state index in [0.717, 1.165) is 5.56 Å². The van der Waals surface area contributed by atoms with E-state index in [1.54, 1.807) is 6.92 Å². The molecule has 7 nitrogen and oxygen atoms in total. The first-order valence-electron chi connectivity index (χ1n) is 8.10. The molecule has 1 aromatic heterocycles. The number of aryl methyl sites for hydroxylation is 1. The van der Waals surface area contributed by atoms with Gasteiger partial charge in [-0.2, -0.15) is 14.7 Å². The molecule has 0 unspecified atom stereocenters. The number of ether oxygens (including phenoxy) is 1. The number of carbonyl (C=O) groups excluding carboxylic acids is 1. The smallest absolute Gasteiger partial charge is 0.362 e. The molecule has 7 heteroatoms. The van der Waals surface area contributed by atoms with Gasteiger partial charge in [-0.25, -0.2) is 4.79 Å². The molecule has 0 radical (unpaired) electrons. The first kappa shape index (κ1) is 17.3. The fourth-order valence-electron chi connectivity index (χ4n) is 2.20. The normalized spacial score (nSPS) is 10.1. The van der Waals surface area contributed by atoms with Crippen molar-refractivity contribution < 1.29 is 9.53 Å². The summed E-state index contributed by atoms with van der Waals surface area (Å²) in [6, 6.07) is 19.5. The van der Waals surface area contributed by atoms with Gasteiger partial charge in [0.25, 0.3) is 0 Å². The lowest BCUT2D eigenvalue weighted by atomic mass is 10.2. The topological polar surface area (TPSA) is 81.7 Å². The van der Waals surface area contributed by atoms with Crippen LogP contribution in [0.2, 0.25) is 0 Å². The minimum atomic E-state index is -0.592. The van der Waals surface area contributed by atoms with E-state index in [9.17, 15) is 4.79 Å². The standard InChI is InChI=1S/C19H17N5O2/c1-3-26-19(25)17-18(21-13-20-15-11-9-14(2)10-12-15)24(23-22-17)16-7-5-4-6-8-16/h4-12H,3H2,1-2H3. The average Bonchev–Trinajstić information content (AvgIpc) is 3.08. The third-order valence-corrected chi connectivity index (χ3v) is 3.49. The van der Waals surface area contributed by atoms with Crippen molar-refractivity contribution in [2.45, 2.75) is 13.8 Å². The molecule has 0 aliphatic heterocycles. The summed E-state index contributed by atoms with van der Waals surface area (Å²) in [4.78, 5) is 20.5. The van der Waals surface area contributed by atoms with E-state index in [2.05, 4.69) is 26.3 Å². The molecule has 3 rings (SSSR count). The SMILES string of the molecule is CCOC(=O)c1nnn(-c2ccccc2)c1N=C=Nc1ccc(C)cc1. The van der Waals surface area contributed by atoms with E-state index < -0.39 is 5.97 Å². The molecule has 130 valence electrons. The average molecular weight is 347 g/mol. The molecular weight excluding hydrogens is 330 g/mol. The second-order valence-corrected chi connectivity index (χ2v) is 5.39. The summed E-state index contributed by atoms with van der Waals surface area (Å²) in [5.74, 6) is -0.379. The molecule has 0 aliphatic carbocycles. The minimum absolute atomic E-state index is 0.0160. The first-order valence-corrected chi connectivity index (χ1v) is 8.10. The number of hydrogen-bond acceptors (Lipinski definition) is 6. The van der Waals surface area contributed by atoms with Gasteiger partial charge in [-0.15, -0.1) is 5.10 Å². The van der Waals surface area contributed by atoms with Gasteiger partial charge in [0.05, 0.1) is 18.0 Å². The Balaban J connectivity index is 2.02. The number of para-hydroxylation sites is 1. The van der Waals surface area contributed by atoms with Gasteiger partial charge in [-0.3, -0.25) is 0 Å². The molecule has 0 saturated carbocycles. The Hall–Kier alpha value is -3.57. The molecule has 0 atom stereocenters. The molecule has 0 saturated heterocycles. The highest BCUT2D eigenvalue weighted by molar-refractivity contribution is 5.92. The van der Waals surface area contributed by atoms with Crippen LogP contribution in [0.15, 0.2) is 64.6 Å². The Bertz CT molecular complexity index is 955. The van der Waals surface area contributed by atoms with Gasteiger partial charge in [0, 0.05) is 0 Å². The van der Waals surface area contributed by atoms with Crippen LogP contribution in [0.25, 0.3) is 5.69 Å². The second-order valence-electron chi connectivity index (χ2n) is 5.39. The van der Waals surface area contributed by atoms with Crippen LogP contribution < -0.4 is 0 Å². The fourth-order valence-corrected chi connectivity index (χ4v) is 2.20. The number of aromatic nitrogens is 3. The highest BCUT2D eigenvalue weighted by atomic mass is 16.5. The Morgan fingerprint density at radius 1 is 1.12 bits per heavy atom. The molecule has 1 heterocycles. The van der Waals surface area contributed by atoms with Crippen molar-refractivity contribution in [2.75, 3.05) is 6.61 Å². The molecular formula is C19H17N5O2. The maximum Gasteiger partial charge on any atom is 0.362 e. The minimum Gasteiger partial charge on any atom is -0.461 e. The molecule has 0 aliphatic rings. The summed E-state index contributed by atoms with van der Waals surface area (Å²) in [6.45, 7) is 3.95. The van der Waals surface area contributed by atoms with E-state index in [0.29, 0.717) is 11.4 Å². The van der Waals surface area contributed by atoms with Gasteiger partial charge in [-0.1, -0.05) is 41.1 Å². The number of benzene rings is 2. The van der Waals surface area contributed by atoms with Crippen LogP contribution >= 0.6 is 0 Å². The number of esters is 1. The van der Waals surface area contributed by atoms with E-state index in [1.807, 2.05) is 61.5 Å². The zero-order valence-corrected chi connectivity index (χ0v) is 14.5. The third-order valence-electron chi connectivity index (χ3n) is 3.49. The molecule has 0 spiro atoms. The van der Waals surface area contributed by atoms with Crippen molar-refractivity contribution in [1.82, 2.24) is 15.0 Å². The van der Waals surface area contributed by atoms with Crippen LogP contribution in [-0.4, -0.2) is 33.6 Å². The van der Waals surface area contributed by atoms with E-state index in [1.165, 1.54) is 4.68 Å². The van der Waals surface area contributed by atoms with Gasteiger partial charge in [0.15, 0.2) is 0 Å². The van der Waals surface area contributed by atoms with Crippen LogP contribution in [0.5, 0.6) is 0 Å². The summed E-state index contributed by atoms with van der Waals surface area (Å²) in [7, 11) is 0. The molecule has 0 N–H and O–H groups in total. The maximum atomic E-state index is 12.1. The summed E-state index contributed by atoms with van der Waals surface area (Å²) in [6.07, 6.45) is 0. The molecule has 0 fully saturated rings. The molecule has 0 bridgehead atoms. The largest absolute Gasteiger partial charge is 0.461 e. The van der Waals surface area contributed by atoms with Crippen molar-refractivity contribution in [3.63, 3.8) is 0 Å². The number of carbonyl (C=O) groups is 1. The van der Waals surface area contributed by atoms with Crippen LogP contribution in [-0.2, 0) is 4.74 Å². The van der Waals surface area contributed by atoms with Crippen LogP contribution in [0.3, 0.4) is 0 Å². The van der Waals surface area contributed by atoms with Gasteiger partial charge < -0.3 is 4.74 Å². The Morgan fingerprint density at radius 2 is 1.85 bits per heavy atom. The molecule has 26 heavy (non-hydrogen) atoms. The quantitative estimate of drug-likeness (QED) is 0.518. The lowest BCUT2D eigenvalue weighted by Gasteiger charge is -2.02. The van der Waals surface area contributed by atoms with E-state index in [4.69, 9.17) is 4.74 Å². The predicted molar refractivity (Wildman–Crippen MR) is 97.7 cm³/mol. The van der Waals surface area contributed by atoms with Gasteiger partial charge >= 0.3 is 5.97 Å². The Labute approximate surface area is 150 Å². The highest BCUT2D eigenvalue weighted by Gasteiger charge is 2.21. The number of nitrogens with zero attached hydrogens (tertiary/aromatic N) is 5. The Kier molecular flexibility index (Phi) is 5.31. The summed E-state index contributed by atoms with van der Waals surface area (Å²) in [5, 5.41) is 7.93. The van der Waals surface area contributed by atoms with Crippen molar-refractivity contribution in [3.8, 4) is 5.69 Å². The summed E-state index contributed by atoms with van der Waals surface area (Å²) >= 11 is 0. The van der Waals surface area contributed by atoms with Crippen molar-refractivity contribution in [3.05, 3.63) is 65.9 Å². The number of aliphatic imine (C=N–C) groups is 2. The Morgan fingerprint density at radius 3 is 2.54 bits per heavy atom. The fraction of sp³-hybridized carbons (Fsp3) is 0.158. The number of rotatable bonds is 5. The molecule has 2 aromatic carbocycles. The molecule has 0 amide bonds. The van der Waals surface area contributed by atoms with Crippen LogP contribution in [0.4, 0.5) is 11.5 Å². The zero-order valence-electron chi connectivity index (χ0n) is 14.5. The first-order chi connectivity index (χ1) is 12.7. The third kappa shape index (κ3) is 3.91. The number of hydrogen-bond donors (Lipinski definition) is 0. The van der Waals surface area contributed by atoms with Gasteiger partial charge in [0.1, 0.15) is 6.01 Å². The van der Waals surface area contributed by atoms with Gasteiger partial charge in [-0.05, 0) is 38.1 Å². The zero-order chi connectivity index (χ0) is 18.4. The summed E-state index contributed by atoms with van der Waals surface area (Å²) < 4.78 is 6.47. The monoisotopic (exact) mass is 347 g/mol. The van der Waals surface area contributed by atoms with Gasteiger partial charge in [0.2, 0.25) is 11.5 Å². The van der Waals surface area contributed by atoms with Crippen LogP contribution in [0, 0.1) is 6.92 Å². The van der Waals surface area contributed by atoms with Crippen molar-refractivity contribution in [1.29, 1.82) is 0 Å². The predicted octanol–water partition coefficient (Wildman–Crippen LogP) is 3.89. The van der Waals surface area contributed by atoms with Crippen molar-refractivity contribution >= 4 is 23.5 Å². The summed E-state index contributed by atoms with van der Waals surface area (Å²) in [5.41, 5.74) is 2.57. The van der Waals surface area contributed by atoms with E-state index >= 15 is 0 Å². The maximum absolute atomic E-state index is 12.1. The molecule has 3 aromatic rings. The lowest BCUT2D eigenvalue weighted by Crippen LogP contribution is -2.05. The van der Waals surface area contributed by atoms with Crippen molar-refractivity contribution in [2.24, 2.45) is 9.98 Å². The van der Waals surface area contributed by atoms with E-state index in [-0.39, 0.29) is 18.1 Å². The highest BCUT2D eigenvalue weighted by Crippen LogP contribution is 2.22.